The summed E-state index contributed by atoms with van der Waals surface area (Å²) in [6, 6.07) is 5.38. The van der Waals surface area contributed by atoms with Crippen LogP contribution in [0.1, 0.15) is 101 Å². The van der Waals surface area contributed by atoms with E-state index in [1.54, 1.807) is 41.8 Å². The van der Waals surface area contributed by atoms with Gasteiger partial charge in [-0.25, -0.2) is 0 Å². The summed E-state index contributed by atoms with van der Waals surface area (Å²) in [6.45, 7) is 3.13. The first kappa shape index (κ1) is 48.1. The number of hydrogen-bond acceptors (Lipinski definition) is 17. The van der Waals surface area contributed by atoms with E-state index in [1.807, 2.05) is 6.07 Å². The molecule has 2 fully saturated rings. The lowest BCUT2D eigenvalue weighted by Gasteiger charge is -2.37. The largest absolute Gasteiger partial charge is 0.465 e. The molecule has 2 aliphatic heterocycles. The first-order valence-corrected chi connectivity index (χ1v) is 22.5. The summed E-state index contributed by atoms with van der Waals surface area (Å²) in [5.41, 5.74) is 1.02. The van der Waals surface area contributed by atoms with Crippen LogP contribution in [-0.4, -0.2) is 143 Å². The number of ether oxygens (including phenoxy) is 4. The van der Waals surface area contributed by atoms with Crippen LogP contribution in [-0.2, 0) is 38.1 Å². The van der Waals surface area contributed by atoms with Crippen LogP contribution in [0.3, 0.4) is 0 Å². The van der Waals surface area contributed by atoms with E-state index in [-0.39, 0.29) is 50.3 Å². The maximum Gasteiger partial charge on any atom is 0.326 e. The van der Waals surface area contributed by atoms with Crippen molar-refractivity contribution in [2.75, 3.05) is 39.2 Å². The van der Waals surface area contributed by atoms with Gasteiger partial charge >= 0.3 is 17.9 Å². The lowest BCUT2D eigenvalue weighted by molar-refractivity contribution is -0.287. The molecule has 2 amide bonds. The molecule has 17 nitrogen and oxygen atoms in total. The van der Waals surface area contributed by atoms with E-state index < -0.39 is 61.8 Å². The molecule has 3 aliphatic rings. The van der Waals surface area contributed by atoms with Crippen molar-refractivity contribution in [1.29, 1.82) is 0 Å². The molecule has 19 heteroatoms. The molecule has 4 rings (SSSR count). The molecule has 0 aromatic heterocycles. The third-order valence-corrected chi connectivity index (χ3v) is 13.2. The summed E-state index contributed by atoms with van der Waals surface area (Å²) in [5, 5.41) is 40.9. The number of benzene rings is 1. The SMILES string of the molecule is CCCCCCSS/C(CCOC(=O)CCCC(=O)OC1CCC(N(C)C(=O)c2ccc3c(c2)=NCN=3)CC1)=C(/C)N(C=O)CC(=O)OCC1OC(O)C(O)C(O)C1O. The molecule has 5 unspecified atom stereocenters. The first-order valence-electron chi connectivity index (χ1n) is 20.2. The van der Waals surface area contributed by atoms with Crippen LogP contribution in [0.15, 0.2) is 38.8 Å². The van der Waals surface area contributed by atoms with E-state index in [0.29, 0.717) is 54.9 Å². The van der Waals surface area contributed by atoms with Crippen LogP contribution in [0.25, 0.3) is 0 Å². The number of hydrogen-bond donors (Lipinski definition) is 4. The number of esters is 3. The number of fused-ring (bicyclic) bond motifs is 1. The Kier molecular flexibility index (Phi) is 20.1. The Hall–Kier alpha value is -3.59. The molecule has 0 bridgehead atoms. The topological polar surface area (TPSA) is 234 Å². The summed E-state index contributed by atoms with van der Waals surface area (Å²) in [7, 11) is 4.80. The van der Waals surface area contributed by atoms with Crippen LogP contribution in [0.4, 0.5) is 0 Å². The predicted molar refractivity (Wildman–Crippen MR) is 217 cm³/mol. The average molecular weight is 867 g/mol. The highest BCUT2D eigenvalue weighted by molar-refractivity contribution is 8.78. The molecule has 328 valence electrons. The Labute approximate surface area is 352 Å². The second-order valence-electron chi connectivity index (χ2n) is 14.7. The van der Waals surface area contributed by atoms with Crippen LogP contribution >= 0.6 is 21.6 Å². The smallest absolute Gasteiger partial charge is 0.326 e. The van der Waals surface area contributed by atoms with E-state index in [0.717, 1.165) is 47.1 Å². The normalized spacial score (nSPS) is 24.1. The standard InChI is InChI=1S/C40H58N4O13S2/c1-4-5-6-7-19-58-59-32(25(2)44(24-45)21-35(48)55-22-31-36(49)37(50)38(51)40(53)57-31)17-18-54-33(46)9-8-10-34(47)56-28-14-12-27(13-15-28)43(3)39(52)26-11-16-29-30(20-26)42-23-41-29/h11,16,20,24,27-28,31,36-38,40,49-51,53H,4-10,12-15,17-19,21-23H2,1-3H3/b32-25-. The summed E-state index contributed by atoms with van der Waals surface area (Å²) in [4.78, 5) is 75.3. The van der Waals surface area contributed by atoms with Crippen molar-refractivity contribution >= 4 is 51.8 Å². The van der Waals surface area contributed by atoms with Crippen LogP contribution in [0.2, 0.25) is 0 Å². The number of unbranched alkanes of at least 4 members (excludes halogenated alkanes) is 3. The Morgan fingerprint density at radius 3 is 2.34 bits per heavy atom. The number of aliphatic hydroxyl groups excluding tert-OH is 4. The summed E-state index contributed by atoms with van der Waals surface area (Å²) < 4.78 is 21.3. The zero-order valence-electron chi connectivity index (χ0n) is 33.9. The molecule has 2 heterocycles. The molecule has 1 aromatic carbocycles. The highest BCUT2D eigenvalue weighted by Crippen LogP contribution is 2.36. The summed E-state index contributed by atoms with van der Waals surface area (Å²) in [5.74, 6) is -0.970. The Bertz CT molecular complexity index is 1740. The Balaban J connectivity index is 1.18. The number of allylic oxidation sites excluding steroid dienone is 1. The van der Waals surface area contributed by atoms with Crippen molar-refractivity contribution in [3.8, 4) is 0 Å². The molecule has 1 aliphatic carbocycles. The lowest BCUT2D eigenvalue weighted by atomic mass is 9.91. The fraction of sp³-hybridized carbons (Fsp3) is 0.675. The zero-order chi connectivity index (χ0) is 42.9. The maximum absolute atomic E-state index is 13.1. The number of carbonyl (C=O) groups is 5. The second kappa shape index (κ2) is 24.6. The predicted octanol–water partition coefficient (Wildman–Crippen LogP) is 1.92. The van der Waals surface area contributed by atoms with E-state index >= 15 is 0 Å². The van der Waals surface area contributed by atoms with Gasteiger partial charge in [0, 0.05) is 54.3 Å². The molecule has 1 saturated heterocycles. The molecule has 59 heavy (non-hydrogen) atoms. The van der Waals surface area contributed by atoms with E-state index in [9.17, 15) is 44.4 Å². The Morgan fingerprint density at radius 2 is 1.61 bits per heavy atom. The number of nitrogens with zero attached hydrogens (tertiary/aromatic N) is 4. The number of rotatable bonds is 23. The average Bonchev–Trinajstić information content (AvgIpc) is 3.71. The zero-order valence-corrected chi connectivity index (χ0v) is 35.6. The highest BCUT2D eigenvalue weighted by Gasteiger charge is 2.43. The number of amides is 2. The first-order chi connectivity index (χ1) is 28.3. The molecule has 4 N–H and O–H groups in total. The summed E-state index contributed by atoms with van der Waals surface area (Å²) >= 11 is 0. The molecule has 1 saturated carbocycles. The molecule has 1 aromatic rings. The lowest BCUT2D eigenvalue weighted by Crippen LogP contribution is -2.58. The third kappa shape index (κ3) is 14.8. The minimum absolute atomic E-state index is 0.00170. The molecule has 0 radical (unpaired) electrons. The van der Waals surface area contributed by atoms with Gasteiger partial charge in [-0.1, -0.05) is 47.8 Å². The van der Waals surface area contributed by atoms with Gasteiger partial charge in [-0.2, -0.15) is 0 Å². The van der Waals surface area contributed by atoms with Crippen molar-refractivity contribution in [2.45, 2.75) is 134 Å². The number of carbonyl (C=O) groups excluding carboxylic acids is 5. The van der Waals surface area contributed by atoms with Gasteiger partial charge in [-0.05, 0) is 63.6 Å². The van der Waals surface area contributed by atoms with Gasteiger partial charge < -0.3 is 49.2 Å². The van der Waals surface area contributed by atoms with E-state index in [1.165, 1.54) is 10.8 Å². The molecule has 5 atom stereocenters. The van der Waals surface area contributed by atoms with Gasteiger partial charge in [0.05, 0.1) is 17.3 Å². The Morgan fingerprint density at radius 1 is 0.881 bits per heavy atom. The minimum atomic E-state index is -1.79. The van der Waals surface area contributed by atoms with Crippen molar-refractivity contribution in [1.82, 2.24) is 9.80 Å². The van der Waals surface area contributed by atoms with E-state index in [2.05, 4.69) is 16.9 Å². The fourth-order valence-corrected chi connectivity index (χ4v) is 9.38. The van der Waals surface area contributed by atoms with Gasteiger partial charge in [0.15, 0.2) is 6.29 Å². The van der Waals surface area contributed by atoms with Crippen molar-refractivity contribution in [2.24, 2.45) is 9.98 Å². The number of aliphatic hydroxyl groups is 4. The van der Waals surface area contributed by atoms with Crippen LogP contribution in [0, 0.1) is 0 Å². The van der Waals surface area contributed by atoms with Gasteiger partial charge in [0.25, 0.3) is 5.91 Å². The second-order valence-corrected chi connectivity index (χ2v) is 17.3. The van der Waals surface area contributed by atoms with Crippen LogP contribution < -0.4 is 10.7 Å². The molecule has 0 spiro atoms. The highest BCUT2D eigenvalue weighted by atomic mass is 33.1. The minimum Gasteiger partial charge on any atom is -0.465 e. The van der Waals surface area contributed by atoms with Gasteiger partial charge in [0.1, 0.15) is 50.3 Å². The fourth-order valence-electron chi connectivity index (χ4n) is 6.78. The van der Waals surface area contributed by atoms with E-state index in [4.69, 9.17) is 18.9 Å². The van der Waals surface area contributed by atoms with Crippen LogP contribution in [0.5, 0.6) is 0 Å². The van der Waals surface area contributed by atoms with Gasteiger partial charge in [0.2, 0.25) is 6.41 Å². The molecular formula is C40H58N4O13S2. The van der Waals surface area contributed by atoms with Gasteiger partial charge in [-0.15, -0.1) is 0 Å². The van der Waals surface area contributed by atoms with Crippen molar-refractivity contribution < 1.29 is 63.3 Å². The maximum atomic E-state index is 13.1. The third-order valence-electron chi connectivity index (χ3n) is 10.5. The quantitative estimate of drug-likeness (QED) is 0.0405. The summed E-state index contributed by atoms with van der Waals surface area (Å²) in [6.07, 6.45) is -0.428. The van der Waals surface area contributed by atoms with Crippen molar-refractivity contribution in [3.05, 3.63) is 45.1 Å². The van der Waals surface area contributed by atoms with Crippen molar-refractivity contribution in [3.63, 3.8) is 0 Å². The van der Waals surface area contributed by atoms with Gasteiger partial charge in [-0.3, -0.25) is 34.0 Å². The monoisotopic (exact) mass is 866 g/mol. The molecular weight excluding hydrogens is 809 g/mol.